The quantitative estimate of drug-likeness (QED) is 0.495. The lowest BCUT2D eigenvalue weighted by molar-refractivity contribution is 0.316. The van der Waals surface area contributed by atoms with Crippen LogP contribution in [0.2, 0.25) is 0 Å². The van der Waals surface area contributed by atoms with Crippen molar-refractivity contribution in [1.29, 1.82) is 0 Å². The smallest absolute Gasteiger partial charge is 0.168 e. The summed E-state index contributed by atoms with van der Waals surface area (Å²) in [6.07, 6.45) is 8.10. The minimum absolute atomic E-state index is 0.134. The molecule has 1 aliphatic rings. The van der Waals surface area contributed by atoms with Crippen LogP contribution < -0.4 is 16.0 Å². The van der Waals surface area contributed by atoms with Crippen LogP contribution in [0.4, 0.5) is 4.39 Å². The highest BCUT2D eigenvalue weighted by atomic mass is 19.1. The number of hydrogen-bond acceptors (Lipinski definition) is 3. The Hall–Kier alpha value is -1.13. The largest absolute Gasteiger partial charge is 0.494 e. The molecule has 0 aliphatic heterocycles. The third-order valence-electron chi connectivity index (χ3n) is 4.39. The highest BCUT2D eigenvalue weighted by Crippen LogP contribution is 2.28. The van der Waals surface area contributed by atoms with Crippen LogP contribution in [0.1, 0.15) is 44.1 Å². The zero-order valence-electron chi connectivity index (χ0n) is 12.2. The topological polar surface area (TPSA) is 47.3 Å². The van der Waals surface area contributed by atoms with Crippen molar-refractivity contribution in [2.75, 3.05) is 7.11 Å². The van der Waals surface area contributed by atoms with Crippen molar-refractivity contribution in [1.82, 2.24) is 5.43 Å². The van der Waals surface area contributed by atoms with E-state index < -0.39 is 0 Å². The van der Waals surface area contributed by atoms with Gasteiger partial charge in [0.1, 0.15) is 0 Å². The molecule has 20 heavy (non-hydrogen) atoms. The molecule has 3 nitrogen and oxygen atoms in total. The molecule has 1 aromatic rings. The fourth-order valence-corrected chi connectivity index (χ4v) is 3.18. The monoisotopic (exact) mass is 280 g/mol. The molecule has 1 aliphatic carbocycles. The van der Waals surface area contributed by atoms with Gasteiger partial charge in [-0.3, -0.25) is 11.3 Å². The van der Waals surface area contributed by atoms with Crippen molar-refractivity contribution in [3.8, 4) is 5.75 Å². The molecule has 0 bridgehead atoms. The van der Waals surface area contributed by atoms with Crippen molar-refractivity contribution < 1.29 is 9.13 Å². The summed E-state index contributed by atoms with van der Waals surface area (Å²) >= 11 is 0. The molecule has 0 aromatic heterocycles. The third-order valence-corrected chi connectivity index (χ3v) is 4.39. The van der Waals surface area contributed by atoms with Crippen LogP contribution in [-0.4, -0.2) is 13.2 Å². The Kier molecular flexibility index (Phi) is 5.80. The summed E-state index contributed by atoms with van der Waals surface area (Å²) in [6.45, 7) is 0. The number of hydrogen-bond donors (Lipinski definition) is 2. The van der Waals surface area contributed by atoms with Crippen LogP contribution in [0.5, 0.6) is 5.75 Å². The van der Waals surface area contributed by atoms with E-state index in [1.165, 1.54) is 45.6 Å². The number of benzene rings is 1. The first-order valence-electron chi connectivity index (χ1n) is 7.53. The Morgan fingerprint density at radius 2 is 2.00 bits per heavy atom. The molecule has 1 saturated carbocycles. The van der Waals surface area contributed by atoms with Crippen molar-refractivity contribution in [2.24, 2.45) is 11.8 Å². The predicted octanol–water partition coefficient (Wildman–Crippen LogP) is 3.18. The Morgan fingerprint density at radius 1 is 1.30 bits per heavy atom. The number of nitrogens with one attached hydrogen (secondary N) is 1. The highest BCUT2D eigenvalue weighted by molar-refractivity contribution is 5.31. The highest BCUT2D eigenvalue weighted by Gasteiger charge is 2.23. The normalized spacial score (nSPS) is 18.6. The van der Waals surface area contributed by atoms with E-state index >= 15 is 0 Å². The lowest BCUT2D eigenvalue weighted by Gasteiger charge is -2.26. The van der Waals surface area contributed by atoms with Gasteiger partial charge in [0.05, 0.1) is 7.11 Å². The molecule has 112 valence electrons. The van der Waals surface area contributed by atoms with Crippen molar-refractivity contribution >= 4 is 0 Å². The van der Waals surface area contributed by atoms with Gasteiger partial charge in [-0.25, -0.2) is 4.39 Å². The second-order valence-electron chi connectivity index (χ2n) is 5.66. The minimum atomic E-state index is -0.260. The maximum Gasteiger partial charge on any atom is 0.168 e. The van der Waals surface area contributed by atoms with Gasteiger partial charge in [-0.15, -0.1) is 0 Å². The van der Waals surface area contributed by atoms with Crippen LogP contribution in [0.3, 0.4) is 0 Å². The average molecular weight is 280 g/mol. The summed E-state index contributed by atoms with van der Waals surface area (Å²) in [5.41, 5.74) is 3.58. The molecule has 0 spiro atoms. The van der Waals surface area contributed by atoms with E-state index in [2.05, 4.69) is 5.43 Å². The number of ether oxygens (including phenoxy) is 1. The number of methoxy groups -OCH3 is 1. The summed E-state index contributed by atoms with van der Waals surface area (Å²) in [4.78, 5) is 0. The lowest BCUT2D eigenvalue weighted by atomic mass is 9.88. The number of halogens is 1. The van der Waals surface area contributed by atoms with Crippen LogP contribution in [-0.2, 0) is 6.42 Å². The zero-order valence-corrected chi connectivity index (χ0v) is 12.2. The molecule has 1 fully saturated rings. The molecular formula is C16H25FN2O. The standard InChI is InChI=1S/C16H25FN2O/c1-20-15-10-6-9-13(16(15)17)11-14(19-18)12-7-4-2-3-5-8-12/h6,9-10,12,14,19H,2-5,7-8,11,18H2,1H3. The van der Waals surface area contributed by atoms with Crippen molar-refractivity contribution in [3.05, 3.63) is 29.6 Å². The lowest BCUT2D eigenvalue weighted by Crippen LogP contribution is -2.42. The van der Waals surface area contributed by atoms with E-state index in [1.54, 1.807) is 6.07 Å². The second-order valence-corrected chi connectivity index (χ2v) is 5.66. The van der Waals surface area contributed by atoms with Crippen molar-refractivity contribution in [2.45, 2.75) is 51.0 Å². The number of hydrazine groups is 1. The van der Waals surface area contributed by atoms with Gasteiger partial charge in [0.15, 0.2) is 11.6 Å². The molecule has 1 atom stereocenters. The van der Waals surface area contributed by atoms with E-state index in [4.69, 9.17) is 10.6 Å². The van der Waals surface area contributed by atoms with Crippen LogP contribution in [0.25, 0.3) is 0 Å². The van der Waals surface area contributed by atoms with E-state index in [0.29, 0.717) is 23.7 Å². The molecule has 1 unspecified atom stereocenters. The summed E-state index contributed by atoms with van der Waals surface area (Å²) in [5, 5.41) is 0. The maximum absolute atomic E-state index is 14.2. The summed E-state index contributed by atoms with van der Waals surface area (Å²) in [6, 6.07) is 5.43. The number of rotatable bonds is 5. The summed E-state index contributed by atoms with van der Waals surface area (Å²) in [5.74, 6) is 6.30. The van der Waals surface area contributed by atoms with E-state index in [-0.39, 0.29) is 11.9 Å². The molecular weight excluding hydrogens is 255 g/mol. The zero-order chi connectivity index (χ0) is 14.4. The predicted molar refractivity (Wildman–Crippen MR) is 79.0 cm³/mol. The van der Waals surface area contributed by atoms with Gasteiger partial charge in [-0.05, 0) is 36.8 Å². The number of nitrogens with two attached hydrogens (primary N) is 1. The molecule has 1 aromatic carbocycles. The fourth-order valence-electron chi connectivity index (χ4n) is 3.18. The van der Waals surface area contributed by atoms with E-state index in [9.17, 15) is 4.39 Å². The Bertz CT molecular complexity index is 417. The molecule has 2 rings (SSSR count). The third kappa shape index (κ3) is 3.70. The molecule has 0 saturated heterocycles. The first kappa shape index (κ1) is 15.3. The summed E-state index contributed by atoms with van der Waals surface area (Å²) < 4.78 is 19.3. The summed E-state index contributed by atoms with van der Waals surface area (Å²) in [7, 11) is 1.49. The van der Waals surface area contributed by atoms with Gasteiger partial charge in [0.25, 0.3) is 0 Å². The van der Waals surface area contributed by atoms with Crippen molar-refractivity contribution in [3.63, 3.8) is 0 Å². The molecule has 0 radical (unpaired) electrons. The SMILES string of the molecule is COc1cccc(CC(NN)C2CCCCCC2)c1F. The maximum atomic E-state index is 14.2. The van der Waals surface area contributed by atoms with Gasteiger partial charge < -0.3 is 4.74 Å². The van der Waals surface area contributed by atoms with Gasteiger partial charge in [0.2, 0.25) is 0 Å². The van der Waals surface area contributed by atoms with Gasteiger partial charge >= 0.3 is 0 Å². The van der Waals surface area contributed by atoms with Crippen LogP contribution in [0, 0.1) is 11.7 Å². The fraction of sp³-hybridized carbons (Fsp3) is 0.625. The second kappa shape index (κ2) is 7.60. The Morgan fingerprint density at radius 3 is 2.60 bits per heavy atom. The first-order valence-corrected chi connectivity index (χ1v) is 7.53. The van der Waals surface area contributed by atoms with E-state index in [0.717, 1.165) is 0 Å². The van der Waals surface area contributed by atoms with Crippen LogP contribution in [0.15, 0.2) is 18.2 Å². The molecule has 0 amide bonds. The van der Waals surface area contributed by atoms with Crippen LogP contribution >= 0.6 is 0 Å². The first-order chi connectivity index (χ1) is 9.76. The van der Waals surface area contributed by atoms with Gasteiger partial charge in [0, 0.05) is 6.04 Å². The Balaban J connectivity index is 2.09. The van der Waals surface area contributed by atoms with Gasteiger partial charge in [-0.1, -0.05) is 37.8 Å². The minimum Gasteiger partial charge on any atom is -0.494 e. The molecule has 0 heterocycles. The molecule has 3 N–H and O–H groups in total. The average Bonchev–Trinajstić information content (AvgIpc) is 2.75. The van der Waals surface area contributed by atoms with E-state index in [1.807, 2.05) is 12.1 Å². The Labute approximate surface area is 120 Å². The van der Waals surface area contributed by atoms with Gasteiger partial charge in [-0.2, -0.15) is 0 Å². The molecule has 4 heteroatoms.